The van der Waals surface area contributed by atoms with Gasteiger partial charge in [-0.3, -0.25) is 4.90 Å². The molecule has 3 heterocycles. The lowest BCUT2D eigenvalue weighted by Crippen LogP contribution is -2.35. The molecule has 0 spiro atoms. The van der Waals surface area contributed by atoms with Gasteiger partial charge in [-0.15, -0.1) is 5.10 Å². The number of nitrogens with zero attached hydrogens (tertiary/aromatic N) is 4. The van der Waals surface area contributed by atoms with Gasteiger partial charge in [0.15, 0.2) is 0 Å². The van der Waals surface area contributed by atoms with Gasteiger partial charge < -0.3 is 20.5 Å². The predicted octanol–water partition coefficient (Wildman–Crippen LogP) is 3.66. The largest absolute Gasteiger partial charge is 0.383 e. The summed E-state index contributed by atoms with van der Waals surface area (Å²) in [7, 11) is 1.71. The van der Waals surface area contributed by atoms with E-state index in [9.17, 15) is 0 Å². The second-order valence-electron chi connectivity index (χ2n) is 10.1. The van der Waals surface area contributed by atoms with Crippen molar-refractivity contribution in [2.24, 2.45) is 5.73 Å². The quantitative estimate of drug-likeness (QED) is 0.511. The number of hydrogen-bond acceptors (Lipinski definition) is 7. The molecule has 0 bridgehead atoms. The Kier molecular flexibility index (Phi) is 7.63. The number of methoxy groups -OCH3 is 1. The van der Waals surface area contributed by atoms with E-state index >= 15 is 0 Å². The van der Waals surface area contributed by atoms with Crippen LogP contribution in [0.25, 0.3) is 16.6 Å². The van der Waals surface area contributed by atoms with E-state index in [4.69, 9.17) is 20.3 Å². The van der Waals surface area contributed by atoms with Crippen LogP contribution in [0.1, 0.15) is 49.8 Å². The van der Waals surface area contributed by atoms with Crippen LogP contribution >= 0.6 is 0 Å². The van der Waals surface area contributed by atoms with Crippen LogP contribution in [0.2, 0.25) is 0 Å². The van der Waals surface area contributed by atoms with Crippen molar-refractivity contribution >= 4 is 11.5 Å². The second-order valence-corrected chi connectivity index (χ2v) is 10.1. The Hall–Kier alpha value is -2.52. The molecule has 8 heteroatoms. The Bertz CT molecular complexity index is 1100. The van der Waals surface area contributed by atoms with Crippen molar-refractivity contribution in [2.75, 3.05) is 45.3 Å². The first-order chi connectivity index (χ1) is 17.1. The topological polar surface area (TPSA) is 89.9 Å². The molecule has 0 amide bonds. The molecule has 1 aliphatic heterocycles. The van der Waals surface area contributed by atoms with Crippen LogP contribution in [0.5, 0.6) is 0 Å². The highest BCUT2D eigenvalue weighted by Crippen LogP contribution is 2.37. The third-order valence-corrected chi connectivity index (χ3v) is 7.30. The number of fused-ring (bicyclic) bond motifs is 1. The van der Waals surface area contributed by atoms with Crippen LogP contribution < -0.4 is 11.1 Å². The maximum absolute atomic E-state index is 6.21. The van der Waals surface area contributed by atoms with Crippen LogP contribution in [0.15, 0.2) is 36.5 Å². The van der Waals surface area contributed by atoms with Crippen molar-refractivity contribution in [2.45, 2.75) is 57.2 Å². The Morgan fingerprint density at radius 2 is 1.89 bits per heavy atom. The highest BCUT2D eigenvalue weighted by molar-refractivity contribution is 5.81. The lowest BCUT2D eigenvalue weighted by atomic mass is 9.84. The summed E-state index contributed by atoms with van der Waals surface area (Å²) in [6.07, 6.45) is 6.26. The maximum Gasteiger partial charge on any atom is 0.241 e. The van der Waals surface area contributed by atoms with Gasteiger partial charge in [0.1, 0.15) is 0 Å². The minimum Gasteiger partial charge on any atom is -0.383 e. The van der Waals surface area contributed by atoms with Crippen molar-refractivity contribution in [3.05, 3.63) is 47.8 Å². The van der Waals surface area contributed by atoms with Gasteiger partial charge in [-0.1, -0.05) is 24.3 Å². The number of aromatic nitrogens is 3. The summed E-state index contributed by atoms with van der Waals surface area (Å²) in [5, 5.41) is 8.29. The number of morpholine rings is 1. The summed E-state index contributed by atoms with van der Waals surface area (Å²) in [4.78, 5) is 7.09. The van der Waals surface area contributed by atoms with Crippen molar-refractivity contribution in [1.29, 1.82) is 0 Å². The average Bonchev–Trinajstić information content (AvgIpc) is 3.24. The van der Waals surface area contributed by atoms with E-state index < -0.39 is 0 Å². The molecule has 8 nitrogen and oxygen atoms in total. The number of anilines is 1. The van der Waals surface area contributed by atoms with Crippen LogP contribution in [0.4, 0.5) is 5.95 Å². The van der Waals surface area contributed by atoms with Crippen LogP contribution in [0.3, 0.4) is 0 Å². The molecule has 3 aromatic rings. The molecule has 0 unspecified atom stereocenters. The molecule has 2 aliphatic rings. The average molecular weight is 479 g/mol. The summed E-state index contributed by atoms with van der Waals surface area (Å²) in [6.45, 7) is 7.28. The molecule has 1 saturated heterocycles. The molecule has 0 radical (unpaired) electrons. The minimum absolute atomic E-state index is 0.127. The number of nitrogens with one attached hydrogen (secondary N) is 1. The molecule has 35 heavy (non-hydrogen) atoms. The summed E-state index contributed by atoms with van der Waals surface area (Å²) in [5.41, 5.74) is 12.2. The minimum atomic E-state index is 0.127. The number of ether oxygens (including phenoxy) is 2. The van der Waals surface area contributed by atoms with Gasteiger partial charge in [0.05, 0.1) is 31.5 Å². The van der Waals surface area contributed by atoms with E-state index in [2.05, 4.69) is 57.0 Å². The number of benzene rings is 1. The smallest absolute Gasteiger partial charge is 0.241 e. The summed E-state index contributed by atoms with van der Waals surface area (Å²) < 4.78 is 12.9. The van der Waals surface area contributed by atoms with Gasteiger partial charge in [-0.05, 0) is 49.8 Å². The number of nitrogens with two attached hydrogens (primary N) is 1. The van der Waals surface area contributed by atoms with Gasteiger partial charge in [0, 0.05) is 56.0 Å². The first-order valence-corrected chi connectivity index (χ1v) is 12.9. The second kappa shape index (κ2) is 11.0. The van der Waals surface area contributed by atoms with E-state index in [1.165, 1.54) is 22.4 Å². The monoisotopic (exact) mass is 478 g/mol. The molecule has 2 fully saturated rings. The SMILES string of the molecule is COC[C@H](C)Nc1ncc2c(-c3ccc(CN4CCOCC4)cc3)cc([C@H]3CC[C@H](N)CC3)n2n1. The Morgan fingerprint density at radius 3 is 2.60 bits per heavy atom. The normalized spacial score (nSPS) is 22.4. The van der Waals surface area contributed by atoms with Gasteiger partial charge in [0.25, 0.3) is 0 Å². The molecule has 1 saturated carbocycles. The molecule has 3 N–H and O–H groups in total. The van der Waals surface area contributed by atoms with Crippen LogP contribution in [-0.4, -0.2) is 71.6 Å². The van der Waals surface area contributed by atoms with Crippen LogP contribution in [0, 0.1) is 0 Å². The molecule has 1 atom stereocenters. The summed E-state index contributed by atoms with van der Waals surface area (Å²) >= 11 is 0. The molecule has 1 aromatic carbocycles. The third kappa shape index (κ3) is 5.67. The highest BCUT2D eigenvalue weighted by atomic mass is 16.5. The van der Waals surface area contributed by atoms with E-state index in [0.717, 1.165) is 64.0 Å². The van der Waals surface area contributed by atoms with Crippen LogP contribution in [-0.2, 0) is 16.0 Å². The van der Waals surface area contributed by atoms with Crippen molar-refractivity contribution in [3.63, 3.8) is 0 Å². The van der Waals surface area contributed by atoms with Gasteiger partial charge in [0.2, 0.25) is 5.95 Å². The standard InChI is InChI=1S/C27H38N6O2/c1-19(18-34-2)30-27-29-16-26-24(15-25(33(26)31-27)22-7-9-23(28)10-8-22)21-5-3-20(4-6-21)17-32-11-13-35-14-12-32/h3-6,15-16,19,22-23H,7-14,17-18,28H2,1-2H3,(H,30,31)/t19-,22-,23-/m0/s1. The number of hydrogen-bond donors (Lipinski definition) is 2. The van der Waals surface area contributed by atoms with Crippen molar-refractivity contribution in [1.82, 2.24) is 19.5 Å². The molecular formula is C27H38N6O2. The highest BCUT2D eigenvalue weighted by Gasteiger charge is 2.25. The molecule has 2 aromatic heterocycles. The lowest BCUT2D eigenvalue weighted by molar-refractivity contribution is 0.0342. The zero-order valence-corrected chi connectivity index (χ0v) is 20.9. The lowest BCUT2D eigenvalue weighted by Gasteiger charge is -2.26. The first kappa shape index (κ1) is 24.2. The fraction of sp³-hybridized carbons (Fsp3) is 0.556. The molecular weight excluding hydrogens is 440 g/mol. The van der Waals surface area contributed by atoms with Crippen molar-refractivity contribution < 1.29 is 9.47 Å². The predicted molar refractivity (Wildman–Crippen MR) is 139 cm³/mol. The summed E-state index contributed by atoms with van der Waals surface area (Å²) in [6, 6.07) is 11.7. The Labute approximate surface area is 207 Å². The van der Waals surface area contributed by atoms with Gasteiger partial charge in [-0.2, -0.15) is 0 Å². The fourth-order valence-electron chi connectivity index (χ4n) is 5.34. The summed E-state index contributed by atoms with van der Waals surface area (Å²) in [5.74, 6) is 1.08. The molecule has 1 aliphatic carbocycles. The van der Waals surface area contributed by atoms with E-state index in [0.29, 0.717) is 24.5 Å². The third-order valence-electron chi connectivity index (χ3n) is 7.30. The Morgan fingerprint density at radius 1 is 1.14 bits per heavy atom. The maximum atomic E-state index is 6.21. The van der Waals surface area contributed by atoms with Gasteiger partial charge >= 0.3 is 0 Å². The van der Waals surface area contributed by atoms with Gasteiger partial charge in [-0.25, -0.2) is 9.50 Å². The molecule has 5 rings (SSSR count). The van der Waals surface area contributed by atoms with E-state index in [-0.39, 0.29) is 6.04 Å². The first-order valence-electron chi connectivity index (χ1n) is 12.9. The van der Waals surface area contributed by atoms with E-state index in [1.807, 2.05) is 6.20 Å². The van der Waals surface area contributed by atoms with Crippen molar-refractivity contribution in [3.8, 4) is 11.1 Å². The number of rotatable bonds is 8. The Balaban J connectivity index is 1.45. The zero-order chi connectivity index (χ0) is 24.2. The molecule has 188 valence electrons. The zero-order valence-electron chi connectivity index (χ0n) is 20.9. The van der Waals surface area contributed by atoms with E-state index in [1.54, 1.807) is 7.11 Å². The fourth-order valence-corrected chi connectivity index (χ4v) is 5.34.